The molecule has 0 bridgehead atoms. The Morgan fingerprint density at radius 1 is 1.45 bits per heavy atom. The van der Waals surface area contributed by atoms with Crippen molar-refractivity contribution in [3.05, 3.63) is 29.7 Å². The van der Waals surface area contributed by atoms with Crippen LogP contribution in [0.5, 0.6) is 0 Å². The van der Waals surface area contributed by atoms with Crippen LogP contribution in [0.25, 0.3) is 0 Å². The van der Waals surface area contributed by atoms with E-state index in [1.165, 1.54) is 6.42 Å². The van der Waals surface area contributed by atoms with Gasteiger partial charge in [0.15, 0.2) is 5.82 Å². The number of hydrogen-bond acceptors (Lipinski definition) is 3. The summed E-state index contributed by atoms with van der Waals surface area (Å²) in [6, 6.07) is 4.59. The SMILES string of the molecule is Cc1cc(NC(=O)Cc2ccnn2C2CCC2)nn1C(C)C. The largest absolute Gasteiger partial charge is 0.309 e. The molecule has 0 unspecified atom stereocenters. The van der Waals surface area contributed by atoms with Gasteiger partial charge in [0.1, 0.15) is 0 Å². The van der Waals surface area contributed by atoms with Crippen LogP contribution in [0.1, 0.15) is 56.6 Å². The fourth-order valence-corrected chi connectivity index (χ4v) is 2.86. The lowest BCUT2D eigenvalue weighted by Gasteiger charge is -2.27. The summed E-state index contributed by atoms with van der Waals surface area (Å²) < 4.78 is 3.91. The molecule has 0 atom stereocenters. The first kappa shape index (κ1) is 14.8. The molecule has 2 heterocycles. The van der Waals surface area contributed by atoms with Gasteiger partial charge in [-0.3, -0.25) is 14.2 Å². The minimum Gasteiger partial charge on any atom is -0.309 e. The Labute approximate surface area is 130 Å². The predicted octanol–water partition coefficient (Wildman–Crippen LogP) is 2.88. The van der Waals surface area contributed by atoms with Crippen molar-refractivity contribution in [2.45, 2.75) is 58.5 Å². The highest BCUT2D eigenvalue weighted by atomic mass is 16.1. The van der Waals surface area contributed by atoms with Gasteiger partial charge in [-0.2, -0.15) is 10.2 Å². The van der Waals surface area contributed by atoms with E-state index in [9.17, 15) is 4.79 Å². The van der Waals surface area contributed by atoms with Gasteiger partial charge in [0.2, 0.25) is 5.91 Å². The van der Waals surface area contributed by atoms with Crippen molar-refractivity contribution < 1.29 is 4.79 Å². The summed E-state index contributed by atoms with van der Waals surface area (Å²) >= 11 is 0. The summed E-state index contributed by atoms with van der Waals surface area (Å²) in [7, 11) is 0. The quantitative estimate of drug-likeness (QED) is 0.923. The molecular formula is C16H23N5O. The maximum Gasteiger partial charge on any atom is 0.231 e. The lowest BCUT2D eigenvalue weighted by molar-refractivity contribution is -0.115. The van der Waals surface area contributed by atoms with Gasteiger partial charge in [-0.15, -0.1) is 0 Å². The molecule has 1 saturated carbocycles. The van der Waals surface area contributed by atoms with Crippen molar-refractivity contribution in [2.24, 2.45) is 0 Å². The summed E-state index contributed by atoms with van der Waals surface area (Å²) in [6.07, 6.45) is 5.69. The van der Waals surface area contributed by atoms with Crippen LogP contribution < -0.4 is 5.32 Å². The van der Waals surface area contributed by atoms with Gasteiger partial charge in [0.05, 0.1) is 12.5 Å². The van der Waals surface area contributed by atoms with Gasteiger partial charge < -0.3 is 5.32 Å². The van der Waals surface area contributed by atoms with E-state index >= 15 is 0 Å². The van der Waals surface area contributed by atoms with Crippen molar-refractivity contribution >= 4 is 11.7 Å². The highest BCUT2D eigenvalue weighted by Gasteiger charge is 2.23. The number of carbonyl (C=O) groups is 1. The van der Waals surface area contributed by atoms with E-state index in [2.05, 4.69) is 29.4 Å². The zero-order valence-electron chi connectivity index (χ0n) is 13.4. The number of amides is 1. The number of carbonyl (C=O) groups excluding carboxylic acids is 1. The fourth-order valence-electron chi connectivity index (χ4n) is 2.86. The Kier molecular flexibility index (Phi) is 4.00. The number of rotatable bonds is 5. The molecule has 1 N–H and O–H groups in total. The lowest BCUT2D eigenvalue weighted by Crippen LogP contribution is -2.23. The molecule has 0 saturated heterocycles. The highest BCUT2D eigenvalue weighted by Crippen LogP contribution is 2.31. The third-order valence-corrected chi connectivity index (χ3v) is 4.19. The van der Waals surface area contributed by atoms with Crippen LogP contribution >= 0.6 is 0 Å². The molecule has 0 aliphatic heterocycles. The van der Waals surface area contributed by atoms with E-state index in [0.29, 0.717) is 18.3 Å². The summed E-state index contributed by atoms with van der Waals surface area (Å²) in [4.78, 5) is 12.2. The first-order chi connectivity index (χ1) is 10.5. The number of anilines is 1. The van der Waals surface area contributed by atoms with Crippen molar-refractivity contribution in [3.63, 3.8) is 0 Å². The molecule has 0 spiro atoms. The molecule has 1 aliphatic carbocycles. The Bertz CT molecular complexity index is 666. The summed E-state index contributed by atoms with van der Waals surface area (Å²) in [6.45, 7) is 6.14. The first-order valence-corrected chi connectivity index (χ1v) is 7.93. The lowest BCUT2D eigenvalue weighted by atomic mass is 9.93. The molecule has 6 heteroatoms. The number of hydrogen-bond donors (Lipinski definition) is 1. The monoisotopic (exact) mass is 301 g/mol. The molecule has 0 radical (unpaired) electrons. The molecule has 0 aromatic carbocycles. The Balaban J connectivity index is 1.65. The molecule has 1 aliphatic rings. The van der Waals surface area contributed by atoms with Crippen molar-refractivity contribution in [1.82, 2.24) is 19.6 Å². The Morgan fingerprint density at radius 3 is 2.82 bits per heavy atom. The Morgan fingerprint density at radius 2 is 2.23 bits per heavy atom. The van der Waals surface area contributed by atoms with E-state index in [1.807, 2.05) is 28.4 Å². The van der Waals surface area contributed by atoms with Crippen molar-refractivity contribution in [1.29, 1.82) is 0 Å². The smallest absolute Gasteiger partial charge is 0.231 e. The normalized spacial score (nSPS) is 15.1. The molecule has 6 nitrogen and oxygen atoms in total. The minimum atomic E-state index is -0.0468. The van der Waals surface area contributed by atoms with Gasteiger partial charge in [0, 0.05) is 29.7 Å². The summed E-state index contributed by atoms with van der Waals surface area (Å²) in [5.74, 6) is 0.570. The van der Waals surface area contributed by atoms with Crippen LogP contribution in [0.15, 0.2) is 18.3 Å². The third kappa shape index (κ3) is 2.91. The zero-order valence-corrected chi connectivity index (χ0v) is 13.4. The highest BCUT2D eigenvalue weighted by molar-refractivity contribution is 5.91. The number of nitrogens with one attached hydrogen (secondary N) is 1. The second-order valence-corrected chi connectivity index (χ2v) is 6.29. The molecule has 1 fully saturated rings. The van der Waals surface area contributed by atoms with Crippen molar-refractivity contribution in [2.75, 3.05) is 5.32 Å². The van der Waals surface area contributed by atoms with Crippen LogP contribution in [0.4, 0.5) is 5.82 Å². The van der Waals surface area contributed by atoms with E-state index in [-0.39, 0.29) is 11.9 Å². The average molecular weight is 301 g/mol. The van der Waals surface area contributed by atoms with E-state index in [4.69, 9.17) is 0 Å². The van der Waals surface area contributed by atoms with Gasteiger partial charge >= 0.3 is 0 Å². The van der Waals surface area contributed by atoms with E-state index < -0.39 is 0 Å². The number of nitrogens with zero attached hydrogens (tertiary/aromatic N) is 4. The molecule has 1 amide bonds. The summed E-state index contributed by atoms with van der Waals surface area (Å²) in [5, 5.41) is 11.7. The van der Waals surface area contributed by atoms with Gasteiger partial charge in [-0.25, -0.2) is 0 Å². The van der Waals surface area contributed by atoms with Crippen molar-refractivity contribution in [3.8, 4) is 0 Å². The number of aromatic nitrogens is 4. The average Bonchev–Trinajstić information content (AvgIpc) is 2.95. The second-order valence-electron chi connectivity index (χ2n) is 6.29. The zero-order chi connectivity index (χ0) is 15.7. The third-order valence-electron chi connectivity index (χ3n) is 4.19. The van der Waals surface area contributed by atoms with Crippen LogP contribution in [-0.2, 0) is 11.2 Å². The molecule has 22 heavy (non-hydrogen) atoms. The second kappa shape index (κ2) is 5.94. The maximum atomic E-state index is 12.2. The topological polar surface area (TPSA) is 64.7 Å². The fraction of sp³-hybridized carbons (Fsp3) is 0.562. The molecular weight excluding hydrogens is 278 g/mol. The summed E-state index contributed by atoms with van der Waals surface area (Å²) in [5.41, 5.74) is 2.02. The van der Waals surface area contributed by atoms with Crippen LogP contribution in [0.3, 0.4) is 0 Å². The van der Waals surface area contributed by atoms with E-state index in [1.54, 1.807) is 6.20 Å². The first-order valence-electron chi connectivity index (χ1n) is 7.93. The number of aryl methyl sites for hydroxylation is 1. The standard InChI is InChI=1S/C16H23N5O/c1-11(2)20-12(3)9-15(19-20)18-16(22)10-14-7-8-17-21(14)13-5-4-6-13/h7-9,11,13H,4-6,10H2,1-3H3,(H,18,19,22). The molecule has 118 valence electrons. The van der Waals surface area contributed by atoms with Gasteiger partial charge in [-0.05, 0) is 46.1 Å². The van der Waals surface area contributed by atoms with Gasteiger partial charge in [0.25, 0.3) is 0 Å². The predicted molar refractivity (Wildman–Crippen MR) is 84.8 cm³/mol. The van der Waals surface area contributed by atoms with Crippen LogP contribution in [0, 0.1) is 6.92 Å². The maximum absolute atomic E-state index is 12.2. The molecule has 2 aromatic rings. The molecule has 2 aromatic heterocycles. The minimum absolute atomic E-state index is 0.0468. The Hall–Kier alpha value is -2.11. The van der Waals surface area contributed by atoms with Gasteiger partial charge in [-0.1, -0.05) is 0 Å². The molecule has 3 rings (SSSR count). The van der Waals surface area contributed by atoms with Crippen LogP contribution in [-0.4, -0.2) is 25.5 Å². The van der Waals surface area contributed by atoms with E-state index in [0.717, 1.165) is 24.2 Å². The van der Waals surface area contributed by atoms with Crippen LogP contribution in [0.2, 0.25) is 0 Å².